The zero-order valence-electron chi connectivity index (χ0n) is 14.2. The lowest BCUT2D eigenvalue weighted by Gasteiger charge is -2.40. The minimum atomic E-state index is 0.110. The molecular weight excluding hydrogens is 258 g/mol. The minimum absolute atomic E-state index is 0.110. The third-order valence-electron chi connectivity index (χ3n) is 5.11. The molecule has 1 fully saturated rings. The largest absolute Gasteiger partial charge is 0.265 e. The summed E-state index contributed by atoms with van der Waals surface area (Å²) in [6, 6.07) is 5.01. The highest BCUT2D eigenvalue weighted by atomic mass is 15.3. The number of aromatic nitrogens is 2. The molecule has 0 aromatic carbocycles. The summed E-state index contributed by atoms with van der Waals surface area (Å²) in [5, 5.41) is 14.4. The van der Waals surface area contributed by atoms with Gasteiger partial charge in [0.2, 0.25) is 0 Å². The highest BCUT2D eigenvalue weighted by Crippen LogP contribution is 2.44. The fraction of sp³-hybridized carbons (Fsp3) is 0.778. The van der Waals surface area contributed by atoms with Crippen molar-refractivity contribution in [1.29, 1.82) is 5.26 Å². The van der Waals surface area contributed by atoms with Crippen LogP contribution in [0.2, 0.25) is 0 Å². The van der Waals surface area contributed by atoms with Gasteiger partial charge in [-0.2, -0.15) is 10.4 Å². The van der Waals surface area contributed by atoms with Gasteiger partial charge in [-0.1, -0.05) is 34.6 Å². The number of nitrogens with zero attached hydrogens (tertiary/aromatic N) is 3. The summed E-state index contributed by atoms with van der Waals surface area (Å²) in [7, 11) is 0. The quantitative estimate of drug-likeness (QED) is 0.819. The first kappa shape index (κ1) is 16.1. The normalized spacial score (nSPS) is 26.6. The molecule has 0 spiro atoms. The van der Waals surface area contributed by atoms with Crippen LogP contribution < -0.4 is 0 Å². The van der Waals surface area contributed by atoms with Gasteiger partial charge in [-0.3, -0.25) is 4.68 Å². The van der Waals surface area contributed by atoms with Crippen LogP contribution in [0.1, 0.15) is 71.3 Å². The molecule has 1 heterocycles. The third kappa shape index (κ3) is 3.31. The highest BCUT2D eigenvalue weighted by molar-refractivity contribution is 5.13. The molecule has 21 heavy (non-hydrogen) atoms. The molecule has 1 aromatic rings. The Bertz CT molecular complexity index is 516. The fourth-order valence-electron chi connectivity index (χ4n) is 3.57. The van der Waals surface area contributed by atoms with Crippen molar-refractivity contribution in [2.75, 3.05) is 0 Å². The molecule has 3 heteroatoms. The molecule has 2 rings (SSSR count). The maximum Gasteiger partial charge on any atom is 0.0688 e. The molecule has 1 saturated carbocycles. The van der Waals surface area contributed by atoms with E-state index in [1.807, 2.05) is 0 Å². The van der Waals surface area contributed by atoms with Crippen molar-refractivity contribution in [2.45, 2.75) is 72.8 Å². The zero-order chi connectivity index (χ0) is 15.6. The molecule has 0 amide bonds. The summed E-state index contributed by atoms with van der Waals surface area (Å²) in [5.74, 6) is 0.782. The average molecular weight is 287 g/mol. The van der Waals surface area contributed by atoms with Gasteiger partial charge in [-0.25, -0.2) is 0 Å². The predicted molar refractivity (Wildman–Crippen MR) is 85.9 cm³/mol. The van der Waals surface area contributed by atoms with Crippen molar-refractivity contribution in [1.82, 2.24) is 9.78 Å². The van der Waals surface area contributed by atoms with Crippen molar-refractivity contribution in [3.8, 4) is 6.07 Å². The first-order chi connectivity index (χ1) is 9.90. The van der Waals surface area contributed by atoms with Crippen molar-refractivity contribution in [3.63, 3.8) is 0 Å². The molecule has 0 saturated heterocycles. The van der Waals surface area contributed by atoms with Gasteiger partial charge in [0.15, 0.2) is 0 Å². The Morgan fingerprint density at radius 2 is 2.00 bits per heavy atom. The second kappa shape index (κ2) is 6.22. The summed E-state index contributed by atoms with van der Waals surface area (Å²) in [4.78, 5) is 0. The first-order valence-electron chi connectivity index (χ1n) is 8.37. The zero-order valence-corrected chi connectivity index (χ0v) is 14.2. The van der Waals surface area contributed by atoms with Gasteiger partial charge in [0.1, 0.15) is 0 Å². The van der Waals surface area contributed by atoms with E-state index >= 15 is 0 Å². The standard InChI is InChI=1S/C18H29N3/c1-6-15-11-16(7-2)21(20-15)17-10-14(18(3,4)5)9-8-13(17)12-19/h11,13-14,17H,6-10H2,1-5H3. The average Bonchev–Trinajstić information content (AvgIpc) is 2.88. The van der Waals surface area contributed by atoms with E-state index in [0.29, 0.717) is 11.3 Å². The molecule has 3 atom stereocenters. The molecule has 3 unspecified atom stereocenters. The van der Waals surface area contributed by atoms with Gasteiger partial charge < -0.3 is 0 Å². The van der Waals surface area contributed by atoms with E-state index in [0.717, 1.165) is 31.4 Å². The topological polar surface area (TPSA) is 41.6 Å². The van der Waals surface area contributed by atoms with Crippen LogP contribution in [0.4, 0.5) is 0 Å². The van der Waals surface area contributed by atoms with Gasteiger partial charge in [0.05, 0.1) is 23.7 Å². The van der Waals surface area contributed by atoms with Crippen molar-refractivity contribution >= 4 is 0 Å². The van der Waals surface area contributed by atoms with Crippen LogP contribution in [0.5, 0.6) is 0 Å². The summed E-state index contributed by atoms with van der Waals surface area (Å²) in [6.45, 7) is 11.3. The van der Waals surface area contributed by atoms with Crippen molar-refractivity contribution < 1.29 is 0 Å². The lowest BCUT2D eigenvalue weighted by atomic mass is 9.68. The molecule has 0 radical (unpaired) electrons. The van der Waals surface area contributed by atoms with Crippen LogP contribution >= 0.6 is 0 Å². The highest BCUT2D eigenvalue weighted by Gasteiger charge is 2.37. The van der Waals surface area contributed by atoms with Crippen molar-refractivity contribution in [3.05, 3.63) is 17.5 Å². The van der Waals surface area contributed by atoms with Gasteiger partial charge in [-0.05, 0) is 49.5 Å². The Labute approximate surface area is 129 Å². The van der Waals surface area contributed by atoms with Crippen LogP contribution in [-0.2, 0) is 12.8 Å². The summed E-state index contributed by atoms with van der Waals surface area (Å²) in [5.41, 5.74) is 2.75. The summed E-state index contributed by atoms with van der Waals surface area (Å²) in [6.07, 6.45) is 5.21. The smallest absolute Gasteiger partial charge is 0.0688 e. The fourth-order valence-corrected chi connectivity index (χ4v) is 3.57. The van der Waals surface area contributed by atoms with E-state index in [9.17, 15) is 5.26 Å². The van der Waals surface area contributed by atoms with E-state index in [2.05, 4.69) is 51.4 Å². The van der Waals surface area contributed by atoms with E-state index in [4.69, 9.17) is 5.10 Å². The third-order valence-corrected chi connectivity index (χ3v) is 5.11. The Kier molecular flexibility index (Phi) is 4.76. The monoisotopic (exact) mass is 287 g/mol. The predicted octanol–water partition coefficient (Wildman–Crippen LogP) is 4.53. The lowest BCUT2D eigenvalue weighted by molar-refractivity contribution is 0.114. The number of hydrogen-bond acceptors (Lipinski definition) is 2. The van der Waals surface area contributed by atoms with Crippen LogP contribution in [0.15, 0.2) is 6.07 Å². The second-order valence-electron chi connectivity index (χ2n) is 7.46. The Morgan fingerprint density at radius 3 is 2.52 bits per heavy atom. The number of rotatable bonds is 3. The molecule has 116 valence electrons. The molecule has 0 N–H and O–H groups in total. The van der Waals surface area contributed by atoms with Crippen LogP contribution in [-0.4, -0.2) is 9.78 Å². The van der Waals surface area contributed by atoms with E-state index in [1.54, 1.807) is 0 Å². The van der Waals surface area contributed by atoms with Crippen LogP contribution in [0.3, 0.4) is 0 Å². The Morgan fingerprint density at radius 1 is 1.29 bits per heavy atom. The minimum Gasteiger partial charge on any atom is -0.265 e. The van der Waals surface area contributed by atoms with Gasteiger partial charge in [0, 0.05) is 5.69 Å². The summed E-state index contributed by atoms with van der Waals surface area (Å²) >= 11 is 0. The van der Waals surface area contributed by atoms with E-state index in [-0.39, 0.29) is 12.0 Å². The van der Waals surface area contributed by atoms with Gasteiger partial charge in [-0.15, -0.1) is 0 Å². The maximum absolute atomic E-state index is 9.55. The molecule has 0 aliphatic heterocycles. The maximum atomic E-state index is 9.55. The van der Waals surface area contributed by atoms with E-state index < -0.39 is 0 Å². The Hall–Kier alpha value is -1.30. The van der Waals surface area contributed by atoms with Crippen LogP contribution in [0.25, 0.3) is 0 Å². The molecule has 0 bridgehead atoms. The van der Waals surface area contributed by atoms with Gasteiger partial charge >= 0.3 is 0 Å². The lowest BCUT2D eigenvalue weighted by Crippen LogP contribution is -2.34. The number of nitriles is 1. The SMILES string of the molecule is CCc1cc(CC)n(C2CC(C(C)(C)C)CCC2C#N)n1. The molecule has 1 aromatic heterocycles. The first-order valence-corrected chi connectivity index (χ1v) is 8.37. The Balaban J connectivity index is 2.33. The molecular formula is C18H29N3. The molecule has 1 aliphatic carbocycles. The molecule has 3 nitrogen and oxygen atoms in total. The molecule has 1 aliphatic rings. The van der Waals surface area contributed by atoms with Crippen LogP contribution in [0, 0.1) is 28.6 Å². The summed E-state index contributed by atoms with van der Waals surface area (Å²) < 4.78 is 2.19. The van der Waals surface area contributed by atoms with Gasteiger partial charge in [0.25, 0.3) is 0 Å². The number of aryl methyl sites for hydroxylation is 2. The van der Waals surface area contributed by atoms with Crippen molar-refractivity contribution in [2.24, 2.45) is 17.3 Å². The number of hydrogen-bond donors (Lipinski definition) is 0. The second-order valence-corrected chi connectivity index (χ2v) is 7.46. The van der Waals surface area contributed by atoms with E-state index in [1.165, 1.54) is 12.1 Å².